The van der Waals surface area contributed by atoms with Crippen molar-refractivity contribution in [3.05, 3.63) is 27.7 Å². The van der Waals surface area contributed by atoms with E-state index in [1.54, 1.807) is 0 Å². The molecule has 0 aliphatic heterocycles. The third-order valence-electron chi connectivity index (χ3n) is 5.71. The maximum atomic E-state index is 12.5. The summed E-state index contributed by atoms with van der Waals surface area (Å²) < 4.78 is 0.781. The topological polar surface area (TPSA) is 67.2 Å². The fraction of sp³-hybridized carbons (Fsp3) is 0.667. The summed E-state index contributed by atoms with van der Waals surface area (Å²) in [6.07, 6.45) is 10.4. The molecule has 1 amide bonds. The van der Waals surface area contributed by atoms with E-state index >= 15 is 0 Å². The number of benzene rings is 1. The third kappa shape index (κ3) is 6.65. The minimum Gasteiger partial charge on any atom is -0.398 e. The number of hydrogen-bond acceptors (Lipinski definition) is 3. The Kier molecular flexibility index (Phi) is 9.40. The van der Waals surface area contributed by atoms with E-state index in [0.717, 1.165) is 35.7 Å². The first-order valence-electron chi connectivity index (χ1n) is 10.2. The van der Waals surface area contributed by atoms with Gasteiger partial charge in [0.15, 0.2) is 0 Å². The van der Waals surface area contributed by atoms with Crippen LogP contribution in [0.25, 0.3) is 0 Å². The zero-order chi connectivity index (χ0) is 19.7. The Morgan fingerprint density at radius 2 is 1.96 bits per heavy atom. The summed E-state index contributed by atoms with van der Waals surface area (Å²) in [5.74, 6) is 0.625. The predicted molar refractivity (Wildman–Crippen MR) is 118 cm³/mol. The van der Waals surface area contributed by atoms with Gasteiger partial charge in [0.1, 0.15) is 0 Å². The number of halogens is 2. The second kappa shape index (κ2) is 11.3. The Morgan fingerprint density at radius 3 is 2.63 bits per heavy atom. The van der Waals surface area contributed by atoms with Gasteiger partial charge in [-0.2, -0.15) is 0 Å². The fourth-order valence-electron chi connectivity index (χ4n) is 3.82. The second-order valence-corrected chi connectivity index (χ2v) is 8.82. The molecule has 0 heterocycles. The number of anilines is 1. The predicted octanol–water partition coefficient (Wildman–Crippen LogP) is 5.37. The van der Waals surface area contributed by atoms with Crippen molar-refractivity contribution < 1.29 is 4.79 Å². The van der Waals surface area contributed by atoms with Crippen molar-refractivity contribution >= 4 is 39.1 Å². The largest absolute Gasteiger partial charge is 0.398 e. The van der Waals surface area contributed by atoms with Crippen LogP contribution in [0.1, 0.15) is 80.6 Å². The molecule has 27 heavy (non-hydrogen) atoms. The van der Waals surface area contributed by atoms with Crippen LogP contribution in [0, 0.1) is 0 Å². The molecule has 1 aromatic rings. The van der Waals surface area contributed by atoms with Crippen molar-refractivity contribution in [2.75, 3.05) is 18.2 Å². The molecule has 0 aromatic heterocycles. The van der Waals surface area contributed by atoms with Crippen molar-refractivity contribution in [1.29, 1.82) is 0 Å². The van der Waals surface area contributed by atoms with Gasteiger partial charge in [0, 0.05) is 34.5 Å². The molecular weight excluding hydrogens is 426 g/mol. The van der Waals surface area contributed by atoms with Gasteiger partial charge in [-0.15, -0.1) is 11.6 Å². The highest BCUT2D eigenvalue weighted by atomic mass is 79.9. The molecule has 1 saturated carbocycles. The van der Waals surface area contributed by atoms with E-state index in [4.69, 9.17) is 17.3 Å². The van der Waals surface area contributed by atoms with E-state index in [1.165, 1.54) is 32.1 Å². The highest BCUT2D eigenvalue weighted by Gasteiger charge is 2.29. The number of carbonyl (C=O) groups is 1. The average molecular weight is 459 g/mol. The summed E-state index contributed by atoms with van der Waals surface area (Å²) in [5, 5.41) is 6.75. The van der Waals surface area contributed by atoms with Crippen LogP contribution in [-0.2, 0) is 6.54 Å². The van der Waals surface area contributed by atoms with Gasteiger partial charge >= 0.3 is 0 Å². The summed E-state index contributed by atoms with van der Waals surface area (Å²) >= 11 is 9.20. The maximum absolute atomic E-state index is 12.5. The van der Waals surface area contributed by atoms with Crippen LogP contribution in [0.5, 0.6) is 0 Å². The molecule has 0 spiro atoms. The Morgan fingerprint density at radius 1 is 1.22 bits per heavy atom. The summed E-state index contributed by atoms with van der Waals surface area (Å²) in [4.78, 5) is 12.5. The van der Waals surface area contributed by atoms with E-state index in [0.29, 0.717) is 30.2 Å². The summed E-state index contributed by atoms with van der Waals surface area (Å²) in [7, 11) is 0. The number of nitrogens with two attached hydrogens (primary N) is 1. The number of alkyl halides is 1. The molecule has 0 bridgehead atoms. The van der Waals surface area contributed by atoms with E-state index in [2.05, 4.69) is 33.5 Å². The molecule has 1 aliphatic rings. The molecule has 1 fully saturated rings. The van der Waals surface area contributed by atoms with Crippen molar-refractivity contribution in [3.8, 4) is 0 Å². The minimum absolute atomic E-state index is 0.0503. The van der Waals surface area contributed by atoms with Gasteiger partial charge < -0.3 is 16.4 Å². The van der Waals surface area contributed by atoms with Gasteiger partial charge in [-0.3, -0.25) is 4.79 Å². The normalized spacial score (nSPS) is 16.3. The Bertz CT molecular complexity index is 618. The minimum atomic E-state index is -0.0503. The van der Waals surface area contributed by atoms with Crippen LogP contribution in [0.3, 0.4) is 0 Å². The standard InChI is InChI=1S/C21H33BrClN3O/c1-2-21(9-5-3-6-10-21)26-15-17-13-16(14-18(22)19(17)24)20(27)25-12-8-4-7-11-23/h13-14,26H,2-12,15,24H2,1H3,(H,25,27). The van der Waals surface area contributed by atoms with Crippen molar-refractivity contribution in [3.63, 3.8) is 0 Å². The first kappa shape index (κ1) is 22.5. The van der Waals surface area contributed by atoms with Crippen molar-refractivity contribution in [2.45, 2.75) is 76.8 Å². The van der Waals surface area contributed by atoms with Crippen molar-refractivity contribution in [1.82, 2.24) is 10.6 Å². The molecule has 0 saturated heterocycles. The smallest absolute Gasteiger partial charge is 0.251 e. The van der Waals surface area contributed by atoms with E-state index in [1.807, 2.05) is 12.1 Å². The van der Waals surface area contributed by atoms with Gasteiger partial charge in [0.25, 0.3) is 5.91 Å². The van der Waals surface area contributed by atoms with E-state index in [9.17, 15) is 4.79 Å². The maximum Gasteiger partial charge on any atom is 0.251 e. The molecule has 152 valence electrons. The Hall–Kier alpha value is -0.780. The molecule has 0 radical (unpaired) electrons. The van der Waals surface area contributed by atoms with Crippen LogP contribution in [0.15, 0.2) is 16.6 Å². The molecule has 2 rings (SSSR count). The number of amides is 1. The van der Waals surface area contributed by atoms with E-state index in [-0.39, 0.29) is 11.4 Å². The lowest BCUT2D eigenvalue weighted by Gasteiger charge is -2.38. The second-order valence-electron chi connectivity index (χ2n) is 7.58. The molecule has 6 heteroatoms. The summed E-state index contributed by atoms with van der Waals surface area (Å²) in [6.45, 7) is 3.62. The van der Waals surface area contributed by atoms with Crippen LogP contribution in [-0.4, -0.2) is 23.9 Å². The Balaban J connectivity index is 2.00. The quantitative estimate of drug-likeness (QED) is 0.251. The highest BCUT2D eigenvalue weighted by Crippen LogP contribution is 2.32. The lowest BCUT2D eigenvalue weighted by atomic mass is 9.79. The van der Waals surface area contributed by atoms with Crippen LogP contribution < -0.4 is 16.4 Å². The van der Waals surface area contributed by atoms with Crippen LogP contribution in [0.4, 0.5) is 5.69 Å². The summed E-state index contributed by atoms with van der Waals surface area (Å²) in [6, 6.07) is 3.73. The lowest BCUT2D eigenvalue weighted by Crippen LogP contribution is -2.45. The first-order chi connectivity index (χ1) is 13.0. The Labute approximate surface area is 177 Å². The van der Waals surface area contributed by atoms with Gasteiger partial charge in [-0.1, -0.05) is 32.6 Å². The van der Waals surface area contributed by atoms with Crippen LogP contribution in [0.2, 0.25) is 0 Å². The van der Waals surface area contributed by atoms with Crippen LogP contribution >= 0.6 is 27.5 Å². The number of rotatable bonds is 10. The zero-order valence-electron chi connectivity index (χ0n) is 16.4. The molecule has 1 aromatic carbocycles. The van der Waals surface area contributed by atoms with Gasteiger partial charge in [0.05, 0.1) is 5.69 Å². The first-order valence-corrected chi connectivity index (χ1v) is 11.5. The summed E-state index contributed by atoms with van der Waals surface area (Å²) in [5.41, 5.74) is 8.83. The molecule has 1 aliphatic carbocycles. The molecule has 4 N–H and O–H groups in total. The van der Waals surface area contributed by atoms with Gasteiger partial charge in [0.2, 0.25) is 0 Å². The van der Waals surface area contributed by atoms with E-state index < -0.39 is 0 Å². The third-order valence-corrected chi connectivity index (χ3v) is 6.64. The van der Waals surface area contributed by atoms with Crippen molar-refractivity contribution in [2.24, 2.45) is 0 Å². The highest BCUT2D eigenvalue weighted by molar-refractivity contribution is 9.10. The fourth-order valence-corrected chi connectivity index (χ4v) is 4.51. The monoisotopic (exact) mass is 457 g/mol. The van der Waals surface area contributed by atoms with Gasteiger partial charge in [-0.05, 0) is 65.7 Å². The lowest BCUT2D eigenvalue weighted by molar-refractivity contribution is 0.0953. The number of nitrogens with one attached hydrogen (secondary N) is 2. The molecule has 4 nitrogen and oxygen atoms in total. The number of unbranched alkanes of at least 4 members (excludes halogenated alkanes) is 2. The van der Waals surface area contributed by atoms with Gasteiger partial charge in [-0.25, -0.2) is 0 Å². The molecular formula is C21H33BrClN3O. The molecule has 0 atom stereocenters. The average Bonchev–Trinajstić information content (AvgIpc) is 2.69. The number of carbonyl (C=O) groups excluding carboxylic acids is 1. The SMILES string of the molecule is CCC1(NCc2cc(C(=O)NCCCCCCl)cc(Br)c2N)CCCCC1. The number of hydrogen-bond donors (Lipinski definition) is 3. The number of nitrogen functional groups attached to an aromatic ring is 1. The zero-order valence-corrected chi connectivity index (χ0v) is 18.7. The molecule has 0 unspecified atom stereocenters.